The van der Waals surface area contributed by atoms with Gasteiger partial charge in [0.15, 0.2) is 0 Å². The number of urea groups is 1. The van der Waals surface area contributed by atoms with Crippen molar-refractivity contribution in [2.24, 2.45) is 0 Å². The number of amides is 3. The molecule has 0 aromatic heterocycles. The van der Waals surface area contributed by atoms with Gasteiger partial charge in [0.25, 0.3) is 0 Å². The van der Waals surface area contributed by atoms with Gasteiger partial charge in [-0.3, -0.25) is 4.79 Å². The van der Waals surface area contributed by atoms with E-state index in [1.165, 1.54) is 0 Å². The first kappa shape index (κ1) is 17.7. The molecule has 0 aromatic carbocycles. The molecule has 0 atom stereocenters. The summed E-state index contributed by atoms with van der Waals surface area (Å²) in [6.45, 7) is 11.6. The molecular weight excluding hydrogens is 242 g/mol. The zero-order valence-corrected chi connectivity index (χ0v) is 13.2. The maximum Gasteiger partial charge on any atom is 0.317 e. The maximum atomic E-state index is 11.9. The summed E-state index contributed by atoms with van der Waals surface area (Å²) in [5, 5.41) is 2.90. The van der Waals surface area contributed by atoms with Crippen LogP contribution in [0, 0.1) is 0 Å². The van der Waals surface area contributed by atoms with Crippen molar-refractivity contribution >= 4 is 11.9 Å². The fourth-order valence-corrected chi connectivity index (χ4v) is 1.64. The molecule has 1 N–H and O–H groups in total. The van der Waals surface area contributed by atoms with E-state index in [1.54, 1.807) is 11.9 Å². The first-order chi connectivity index (χ1) is 8.71. The lowest BCUT2D eigenvalue weighted by molar-refractivity contribution is -0.131. The summed E-state index contributed by atoms with van der Waals surface area (Å²) >= 11 is 0. The Hall–Kier alpha value is -1.26. The second-order valence-electron chi connectivity index (χ2n) is 5.84. The van der Waals surface area contributed by atoms with E-state index in [2.05, 4.69) is 5.32 Å². The second kappa shape index (κ2) is 8.02. The summed E-state index contributed by atoms with van der Waals surface area (Å²) in [5.74, 6) is 0.145. The van der Waals surface area contributed by atoms with Crippen molar-refractivity contribution in [3.8, 4) is 0 Å². The maximum absolute atomic E-state index is 11.9. The van der Waals surface area contributed by atoms with E-state index in [0.717, 1.165) is 13.0 Å². The molecule has 0 saturated heterocycles. The minimum absolute atomic E-state index is 0.104. The lowest BCUT2D eigenvalue weighted by Crippen LogP contribution is -2.49. The molecule has 0 heterocycles. The Labute approximate surface area is 117 Å². The number of nitrogens with zero attached hydrogens (tertiary/aromatic N) is 2. The zero-order chi connectivity index (χ0) is 15.1. The first-order valence-electron chi connectivity index (χ1n) is 7.02. The summed E-state index contributed by atoms with van der Waals surface area (Å²) in [7, 11) is 1.75. The molecule has 3 amide bonds. The van der Waals surface area contributed by atoms with Gasteiger partial charge in [-0.25, -0.2) is 4.79 Å². The van der Waals surface area contributed by atoms with Crippen LogP contribution >= 0.6 is 0 Å². The Kier molecular flexibility index (Phi) is 7.49. The van der Waals surface area contributed by atoms with E-state index in [0.29, 0.717) is 19.5 Å². The lowest BCUT2D eigenvalue weighted by Gasteiger charge is -2.28. The van der Waals surface area contributed by atoms with Gasteiger partial charge in [0.1, 0.15) is 0 Å². The Balaban J connectivity index is 4.28. The van der Waals surface area contributed by atoms with Gasteiger partial charge in [0.2, 0.25) is 5.91 Å². The standard InChI is InChI=1S/C14H29N3O2/c1-7-9-17(12(18)8-2)11-10-16(6)13(19)15-14(3,4)5/h7-11H2,1-6H3,(H,15,19). The third kappa shape index (κ3) is 7.70. The average Bonchev–Trinajstić information content (AvgIpc) is 2.30. The van der Waals surface area contributed by atoms with Crippen molar-refractivity contribution in [3.63, 3.8) is 0 Å². The molecule has 5 nitrogen and oxygen atoms in total. The van der Waals surface area contributed by atoms with Crippen LogP contribution in [-0.4, -0.2) is 54.0 Å². The number of carbonyl (C=O) groups is 2. The van der Waals surface area contributed by atoms with E-state index >= 15 is 0 Å². The van der Waals surface area contributed by atoms with Gasteiger partial charge in [-0.1, -0.05) is 13.8 Å². The molecule has 0 saturated carbocycles. The van der Waals surface area contributed by atoms with Crippen LogP contribution in [0.2, 0.25) is 0 Å². The van der Waals surface area contributed by atoms with Crippen molar-refractivity contribution in [1.29, 1.82) is 0 Å². The largest absolute Gasteiger partial charge is 0.341 e. The van der Waals surface area contributed by atoms with Gasteiger partial charge in [-0.05, 0) is 27.2 Å². The number of hydrogen-bond donors (Lipinski definition) is 1. The second-order valence-corrected chi connectivity index (χ2v) is 5.84. The third-order valence-electron chi connectivity index (χ3n) is 2.68. The van der Waals surface area contributed by atoms with Gasteiger partial charge in [-0.2, -0.15) is 0 Å². The molecule has 0 unspecified atom stereocenters. The van der Waals surface area contributed by atoms with E-state index in [9.17, 15) is 9.59 Å². The van der Waals surface area contributed by atoms with Crippen LogP contribution in [0.3, 0.4) is 0 Å². The monoisotopic (exact) mass is 271 g/mol. The van der Waals surface area contributed by atoms with Crippen LogP contribution in [-0.2, 0) is 4.79 Å². The zero-order valence-electron chi connectivity index (χ0n) is 13.2. The molecule has 112 valence electrons. The molecule has 5 heteroatoms. The minimum atomic E-state index is -0.242. The molecule has 0 aliphatic rings. The molecule has 0 rings (SSSR count). The van der Waals surface area contributed by atoms with E-state index in [4.69, 9.17) is 0 Å². The predicted molar refractivity (Wildman–Crippen MR) is 78.1 cm³/mol. The normalized spacial score (nSPS) is 11.1. The highest BCUT2D eigenvalue weighted by atomic mass is 16.2. The van der Waals surface area contributed by atoms with Crippen molar-refractivity contribution in [2.45, 2.75) is 53.0 Å². The summed E-state index contributed by atoms with van der Waals surface area (Å²) in [5.41, 5.74) is -0.242. The summed E-state index contributed by atoms with van der Waals surface area (Å²) in [6.07, 6.45) is 1.45. The summed E-state index contributed by atoms with van der Waals surface area (Å²) in [4.78, 5) is 27.0. The van der Waals surface area contributed by atoms with E-state index in [-0.39, 0.29) is 17.5 Å². The van der Waals surface area contributed by atoms with Crippen LogP contribution in [0.5, 0.6) is 0 Å². The highest BCUT2D eigenvalue weighted by molar-refractivity contribution is 5.76. The van der Waals surface area contributed by atoms with Crippen LogP contribution in [0.1, 0.15) is 47.5 Å². The van der Waals surface area contributed by atoms with Crippen molar-refractivity contribution in [2.75, 3.05) is 26.7 Å². The van der Waals surface area contributed by atoms with Crippen molar-refractivity contribution in [1.82, 2.24) is 15.1 Å². The number of hydrogen-bond acceptors (Lipinski definition) is 2. The topological polar surface area (TPSA) is 52.6 Å². The summed E-state index contributed by atoms with van der Waals surface area (Å²) < 4.78 is 0. The number of nitrogens with one attached hydrogen (secondary N) is 1. The number of rotatable bonds is 6. The highest BCUT2D eigenvalue weighted by Crippen LogP contribution is 2.01. The fourth-order valence-electron chi connectivity index (χ4n) is 1.64. The molecule has 0 spiro atoms. The molecule has 0 fully saturated rings. The van der Waals surface area contributed by atoms with Crippen LogP contribution in [0.4, 0.5) is 4.79 Å². The Morgan fingerprint density at radius 2 is 1.63 bits per heavy atom. The molecular formula is C14H29N3O2. The smallest absolute Gasteiger partial charge is 0.317 e. The minimum Gasteiger partial charge on any atom is -0.341 e. The fraction of sp³-hybridized carbons (Fsp3) is 0.857. The van der Waals surface area contributed by atoms with Gasteiger partial charge >= 0.3 is 6.03 Å². The predicted octanol–water partition coefficient (Wildman–Crippen LogP) is 2.07. The molecule has 0 aliphatic heterocycles. The van der Waals surface area contributed by atoms with Gasteiger partial charge in [-0.15, -0.1) is 0 Å². The Morgan fingerprint density at radius 3 is 2.05 bits per heavy atom. The summed E-state index contributed by atoms with van der Waals surface area (Å²) in [6, 6.07) is -0.104. The lowest BCUT2D eigenvalue weighted by atomic mass is 10.1. The van der Waals surface area contributed by atoms with Crippen LogP contribution < -0.4 is 5.32 Å². The SMILES string of the molecule is CCCN(CCN(C)C(=O)NC(C)(C)C)C(=O)CC. The Morgan fingerprint density at radius 1 is 1.05 bits per heavy atom. The molecule has 19 heavy (non-hydrogen) atoms. The molecule has 0 bridgehead atoms. The Bertz CT molecular complexity index is 298. The van der Waals surface area contributed by atoms with Gasteiger partial charge in [0, 0.05) is 38.6 Å². The third-order valence-corrected chi connectivity index (χ3v) is 2.68. The van der Waals surface area contributed by atoms with Gasteiger partial charge in [0.05, 0.1) is 0 Å². The molecule has 0 aliphatic carbocycles. The molecule has 0 aromatic rings. The quantitative estimate of drug-likeness (QED) is 0.804. The van der Waals surface area contributed by atoms with Crippen LogP contribution in [0.25, 0.3) is 0 Å². The van der Waals surface area contributed by atoms with E-state index < -0.39 is 0 Å². The van der Waals surface area contributed by atoms with Crippen LogP contribution in [0.15, 0.2) is 0 Å². The highest BCUT2D eigenvalue weighted by Gasteiger charge is 2.18. The van der Waals surface area contributed by atoms with E-state index in [1.807, 2.05) is 39.5 Å². The van der Waals surface area contributed by atoms with Crippen molar-refractivity contribution in [3.05, 3.63) is 0 Å². The number of likely N-dealkylation sites (N-methyl/N-ethyl adjacent to an activating group) is 1. The van der Waals surface area contributed by atoms with Gasteiger partial charge < -0.3 is 15.1 Å². The molecule has 0 radical (unpaired) electrons. The first-order valence-corrected chi connectivity index (χ1v) is 7.02. The van der Waals surface area contributed by atoms with Crippen molar-refractivity contribution < 1.29 is 9.59 Å². The number of carbonyl (C=O) groups excluding carboxylic acids is 2. The average molecular weight is 271 g/mol.